The van der Waals surface area contributed by atoms with E-state index in [1.165, 1.54) is 10.5 Å². The second kappa shape index (κ2) is 8.32. The van der Waals surface area contributed by atoms with Gasteiger partial charge in [0.1, 0.15) is 5.75 Å². The van der Waals surface area contributed by atoms with Crippen molar-refractivity contribution in [1.29, 1.82) is 0 Å². The van der Waals surface area contributed by atoms with Crippen LogP contribution in [-0.2, 0) is 5.75 Å². The largest absolute Gasteiger partial charge is 0.495 e. The fourth-order valence-electron chi connectivity index (χ4n) is 3.85. The van der Waals surface area contributed by atoms with Crippen molar-refractivity contribution < 1.29 is 4.74 Å². The highest BCUT2D eigenvalue weighted by atomic mass is 32.2. The lowest BCUT2D eigenvalue weighted by Crippen LogP contribution is -2.18. The topological polar surface area (TPSA) is 31.2 Å². The van der Waals surface area contributed by atoms with Gasteiger partial charge in [-0.05, 0) is 58.1 Å². The minimum atomic E-state index is -0.0780. The molecule has 0 saturated heterocycles. The van der Waals surface area contributed by atoms with Crippen LogP contribution in [0.4, 0.5) is 0 Å². The molecular weight excluding hydrogens is 402 g/mol. The number of pyridine rings is 1. The van der Waals surface area contributed by atoms with Crippen LogP contribution in [-0.4, -0.2) is 11.7 Å². The highest BCUT2D eigenvalue weighted by Crippen LogP contribution is 2.32. The Morgan fingerprint density at radius 2 is 1.52 bits per heavy atom. The van der Waals surface area contributed by atoms with Crippen molar-refractivity contribution in [2.24, 2.45) is 0 Å². The standard InChI is InChI=1S/C27H21NO2S/c1-30-26-17-21-10-6-5-9-20(21)16-25(26)28-24-13-12-23(15-22(24)11-14-27(28)29)31-18-19-7-3-2-4-8-19/h2-17H,18H2,1H3. The first-order valence-electron chi connectivity index (χ1n) is 10.1. The van der Waals surface area contributed by atoms with Crippen molar-refractivity contribution in [3.05, 3.63) is 113 Å². The van der Waals surface area contributed by atoms with Gasteiger partial charge < -0.3 is 4.74 Å². The Morgan fingerprint density at radius 1 is 0.774 bits per heavy atom. The van der Waals surface area contributed by atoms with Gasteiger partial charge in [-0.2, -0.15) is 0 Å². The summed E-state index contributed by atoms with van der Waals surface area (Å²) in [6, 6.07) is 32.3. The van der Waals surface area contributed by atoms with Gasteiger partial charge >= 0.3 is 0 Å². The first kappa shape index (κ1) is 19.5. The van der Waals surface area contributed by atoms with Gasteiger partial charge in [-0.1, -0.05) is 54.6 Å². The lowest BCUT2D eigenvalue weighted by molar-refractivity contribution is 0.413. The van der Waals surface area contributed by atoms with Gasteiger partial charge in [0, 0.05) is 16.7 Å². The monoisotopic (exact) mass is 423 g/mol. The third kappa shape index (κ3) is 3.82. The van der Waals surface area contributed by atoms with Crippen LogP contribution in [0.25, 0.3) is 27.4 Å². The Bertz CT molecular complexity index is 1440. The number of nitrogens with zero attached hydrogens (tertiary/aromatic N) is 1. The molecule has 31 heavy (non-hydrogen) atoms. The fourth-order valence-corrected chi connectivity index (χ4v) is 4.75. The normalized spacial score (nSPS) is 11.1. The van der Waals surface area contributed by atoms with Crippen LogP contribution in [0, 0.1) is 0 Å². The van der Waals surface area contributed by atoms with E-state index in [0.717, 1.165) is 33.1 Å². The molecule has 0 radical (unpaired) electrons. The maximum absolute atomic E-state index is 12.9. The Hall–Kier alpha value is -3.50. The molecule has 4 aromatic carbocycles. The van der Waals surface area contributed by atoms with E-state index >= 15 is 0 Å². The van der Waals surface area contributed by atoms with Crippen LogP contribution in [0.1, 0.15) is 5.56 Å². The summed E-state index contributed by atoms with van der Waals surface area (Å²) in [4.78, 5) is 14.1. The van der Waals surface area contributed by atoms with Gasteiger partial charge in [0.2, 0.25) is 0 Å². The number of rotatable bonds is 5. The van der Waals surface area contributed by atoms with Crippen LogP contribution in [0.3, 0.4) is 0 Å². The van der Waals surface area contributed by atoms with Crippen LogP contribution in [0.2, 0.25) is 0 Å². The van der Waals surface area contributed by atoms with Crippen molar-refractivity contribution in [2.45, 2.75) is 10.6 Å². The summed E-state index contributed by atoms with van der Waals surface area (Å²) < 4.78 is 7.40. The molecule has 1 aromatic heterocycles. The quantitative estimate of drug-likeness (QED) is 0.305. The predicted octanol–water partition coefficient (Wildman–Crippen LogP) is 6.44. The maximum atomic E-state index is 12.9. The molecule has 5 aromatic rings. The van der Waals surface area contributed by atoms with Crippen molar-refractivity contribution in [3.8, 4) is 11.4 Å². The molecule has 0 spiro atoms. The van der Waals surface area contributed by atoms with Crippen molar-refractivity contribution in [2.75, 3.05) is 7.11 Å². The summed E-state index contributed by atoms with van der Waals surface area (Å²) in [7, 11) is 1.64. The minimum absolute atomic E-state index is 0.0780. The molecule has 0 N–H and O–H groups in total. The van der Waals surface area contributed by atoms with Crippen molar-refractivity contribution in [3.63, 3.8) is 0 Å². The molecule has 1 heterocycles. The van der Waals surface area contributed by atoms with E-state index in [9.17, 15) is 4.79 Å². The summed E-state index contributed by atoms with van der Waals surface area (Å²) in [5.74, 6) is 1.58. The summed E-state index contributed by atoms with van der Waals surface area (Å²) in [5, 5.41) is 3.17. The third-order valence-electron chi connectivity index (χ3n) is 5.40. The Labute approximate surface area is 184 Å². The van der Waals surface area contributed by atoms with Gasteiger partial charge in [0.25, 0.3) is 5.56 Å². The summed E-state index contributed by atoms with van der Waals surface area (Å²) >= 11 is 1.79. The van der Waals surface area contributed by atoms with E-state index in [4.69, 9.17) is 4.74 Å². The van der Waals surface area contributed by atoms with Crippen LogP contribution < -0.4 is 10.3 Å². The molecule has 0 aliphatic rings. The Kier molecular flexibility index (Phi) is 5.23. The van der Waals surface area contributed by atoms with Crippen LogP contribution in [0.5, 0.6) is 5.75 Å². The smallest absolute Gasteiger partial charge is 0.255 e. The molecular formula is C27H21NO2S. The van der Waals surface area contributed by atoms with E-state index in [1.807, 2.05) is 54.6 Å². The van der Waals surface area contributed by atoms with Gasteiger partial charge in [-0.25, -0.2) is 0 Å². The molecule has 4 heteroatoms. The zero-order valence-corrected chi connectivity index (χ0v) is 17.9. The van der Waals surface area contributed by atoms with Gasteiger partial charge in [-0.3, -0.25) is 9.36 Å². The Morgan fingerprint density at radius 3 is 2.29 bits per heavy atom. The Balaban J connectivity index is 1.60. The van der Waals surface area contributed by atoms with E-state index in [-0.39, 0.29) is 5.56 Å². The van der Waals surface area contributed by atoms with Crippen molar-refractivity contribution in [1.82, 2.24) is 4.57 Å². The molecule has 152 valence electrons. The molecule has 0 aliphatic heterocycles. The highest BCUT2D eigenvalue weighted by Gasteiger charge is 2.13. The van der Waals surface area contributed by atoms with Gasteiger partial charge in [0.05, 0.1) is 18.3 Å². The second-order valence-corrected chi connectivity index (χ2v) is 8.42. The number of benzene rings is 4. The fraction of sp³-hybridized carbons (Fsp3) is 0.0741. The zero-order valence-electron chi connectivity index (χ0n) is 17.1. The van der Waals surface area contributed by atoms with Crippen LogP contribution >= 0.6 is 11.8 Å². The SMILES string of the molecule is COc1cc2ccccc2cc1-n1c(=O)ccc2cc(SCc3ccccc3)ccc21. The number of hydrogen-bond acceptors (Lipinski definition) is 3. The predicted molar refractivity (Wildman–Crippen MR) is 130 cm³/mol. The average molecular weight is 424 g/mol. The summed E-state index contributed by atoms with van der Waals surface area (Å²) in [6.45, 7) is 0. The highest BCUT2D eigenvalue weighted by molar-refractivity contribution is 7.98. The molecule has 0 atom stereocenters. The molecule has 5 rings (SSSR count). The number of aromatic nitrogens is 1. The van der Waals surface area contributed by atoms with E-state index in [2.05, 4.69) is 36.4 Å². The summed E-state index contributed by atoms with van der Waals surface area (Å²) in [5.41, 5.74) is 2.83. The first-order valence-corrected chi connectivity index (χ1v) is 11.1. The van der Waals surface area contributed by atoms with E-state index in [0.29, 0.717) is 5.75 Å². The average Bonchev–Trinajstić information content (AvgIpc) is 2.82. The summed E-state index contributed by atoms with van der Waals surface area (Å²) in [6.07, 6.45) is 0. The van der Waals surface area contributed by atoms with Gasteiger partial charge in [0.15, 0.2) is 0 Å². The van der Waals surface area contributed by atoms with Crippen LogP contribution in [0.15, 0.2) is 107 Å². The molecule has 0 unspecified atom stereocenters. The first-order chi connectivity index (χ1) is 15.2. The lowest BCUT2D eigenvalue weighted by Gasteiger charge is -2.15. The third-order valence-corrected chi connectivity index (χ3v) is 6.47. The molecule has 3 nitrogen and oxygen atoms in total. The van der Waals surface area contributed by atoms with Gasteiger partial charge in [-0.15, -0.1) is 11.8 Å². The molecule has 0 aliphatic carbocycles. The number of methoxy groups -OCH3 is 1. The minimum Gasteiger partial charge on any atom is -0.495 e. The maximum Gasteiger partial charge on any atom is 0.255 e. The zero-order chi connectivity index (χ0) is 21.2. The molecule has 0 amide bonds. The number of ether oxygens (including phenoxy) is 1. The molecule has 0 bridgehead atoms. The number of fused-ring (bicyclic) bond motifs is 2. The second-order valence-electron chi connectivity index (χ2n) is 7.37. The number of thioether (sulfide) groups is 1. The van der Waals surface area contributed by atoms with E-state index in [1.54, 1.807) is 29.5 Å². The molecule has 0 fully saturated rings. The number of hydrogen-bond donors (Lipinski definition) is 0. The van der Waals surface area contributed by atoms with E-state index < -0.39 is 0 Å². The molecule has 0 saturated carbocycles. The lowest BCUT2D eigenvalue weighted by atomic mass is 10.1. The van der Waals surface area contributed by atoms with Crippen molar-refractivity contribution >= 4 is 33.4 Å².